The number of aromatic nitrogens is 2. The highest BCUT2D eigenvalue weighted by Crippen LogP contribution is 2.37. The minimum Gasteiger partial charge on any atom is -0.327 e. The van der Waals surface area contributed by atoms with E-state index in [1.165, 1.54) is 0 Å². The first kappa shape index (κ1) is 15.0. The molecule has 0 unspecified atom stereocenters. The van der Waals surface area contributed by atoms with Gasteiger partial charge in [0, 0.05) is 11.9 Å². The van der Waals surface area contributed by atoms with Crippen LogP contribution in [0.2, 0.25) is 0 Å². The van der Waals surface area contributed by atoms with E-state index in [4.69, 9.17) is 5.26 Å². The van der Waals surface area contributed by atoms with Crippen molar-refractivity contribution >= 4 is 11.7 Å². The average Bonchev–Trinajstić information content (AvgIpc) is 3.05. The van der Waals surface area contributed by atoms with Crippen molar-refractivity contribution in [1.82, 2.24) is 15.3 Å². The molecule has 1 saturated carbocycles. The molecule has 6 heteroatoms. The maximum Gasteiger partial charge on any atom is 0.319 e. The summed E-state index contributed by atoms with van der Waals surface area (Å²) in [7, 11) is 0. The molecule has 1 aromatic heterocycles. The molecule has 3 rings (SSSR count). The predicted molar refractivity (Wildman–Crippen MR) is 85.5 cm³/mol. The number of carbonyl (C=O) groups is 1. The van der Waals surface area contributed by atoms with Crippen LogP contribution in [0.1, 0.15) is 37.2 Å². The highest BCUT2D eigenvalue weighted by Gasteiger charge is 2.38. The van der Waals surface area contributed by atoms with Gasteiger partial charge in [-0.25, -0.2) is 14.8 Å². The van der Waals surface area contributed by atoms with Gasteiger partial charge in [0.1, 0.15) is 6.07 Å². The summed E-state index contributed by atoms with van der Waals surface area (Å²) in [6.45, 7) is 0. The van der Waals surface area contributed by atoms with Gasteiger partial charge in [-0.05, 0) is 31.0 Å². The Morgan fingerprint density at radius 1 is 1.17 bits per heavy atom. The third kappa shape index (κ3) is 3.29. The predicted octanol–water partition coefficient (Wildman–Crippen LogP) is 2.94. The quantitative estimate of drug-likeness (QED) is 0.912. The lowest BCUT2D eigenvalue weighted by atomic mass is 9.93. The Kier molecular flexibility index (Phi) is 4.20. The lowest BCUT2D eigenvalue weighted by molar-refractivity contribution is 0.235. The van der Waals surface area contributed by atoms with E-state index >= 15 is 0 Å². The lowest BCUT2D eigenvalue weighted by Gasteiger charge is -2.29. The molecule has 0 spiro atoms. The van der Waals surface area contributed by atoms with E-state index in [0.717, 1.165) is 31.4 Å². The highest BCUT2D eigenvalue weighted by molar-refractivity contribution is 5.89. The normalized spacial score (nSPS) is 15.6. The van der Waals surface area contributed by atoms with Gasteiger partial charge in [0.25, 0.3) is 0 Å². The molecule has 0 saturated heterocycles. The second kappa shape index (κ2) is 6.44. The van der Waals surface area contributed by atoms with Gasteiger partial charge in [-0.2, -0.15) is 5.26 Å². The molecule has 2 amide bonds. The van der Waals surface area contributed by atoms with Crippen LogP contribution in [-0.2, 0) is 5.54 Å². The summed E-state index contributed by atoms with van der Waals surface area (Å²) in [4.78, 5) is 20.6. The summed E-state index contributed by atoms with van der Waals surface area (Å²) < 4.78 is 0. The molecule has 2 N–H and O–H groups in total. The van der Waals surface area contributed by atoms with E-state index in [-0.39, 0.29) is 11.9 Å². The second-order valence-corrected chi connectivity index (χ2v) is 5.61. The van der Waals surface area contributed by atoms with E-state index in [1.807, 2.05) is 36.4 Å². The Morgan fingerprint density at radius 2 is 1.91 bits per heavy atom. The smallest absolute Gasteiger partial charge is 0.319 e. The maximum atomic E-state index is 12.4. The molecule has 116 valence electrons. The summed E-state index contributed by atoms with van der Waals surface area (Å²) in [5.74, 6) is 0.124. The van der Waals surface area contributed by atoms with Crippen molar-refractivity contribution in [3.8, 4) is 6.07 Å². The number of carbonyl (C=O) groups excluding carboxylic acids is 1. The molecule has 0 atom stereocenters. The summed E-state index contributed by atoms with van der Waals surface area (Å²) in [5, 5.41) is 14.9. The van der Waals surface area contributed by atoms with Gasteiger partial charge < -0.3 is 10.6 Å². The number of para-hydroxylation sites is 1. The minimum absolute atomic E-state index is 0.124. The SMILES string of the molecule is N#Cc1nccc(C2(NC(=O)Nc3ccccc3)CCCC2)n1. The Balaban J connectivity index is 1.81. The number of nitriles is 1. The van der Waals surface area contributed by atoms with Crippen molar-refractivity contribution in [3.63, 3.8) is 0 Å². The van der Waals surface area contributed by atoms with Crippen LogP contribution in [0.25, 0.3) is 0 Å². The van der Waals surface area contributed by atoms with Crippen LogP contribution in [0, 0.1) is 11.3 Å². The zero-order valence-electron chi connectivity index (χ0n) is 12.6. The third-order valence-electron chi connectivity index (χ3n) is 4.09. The van der Waals surface area contributed by atoms with Gasteiger partial charge >= 0.3 is 6.03 Å². The number of urea groups is 1. The maximum absolute atomic E-state index is 12.4. The molecule has 23 heavy (non-hydrogen) atoms. The van der Waals surface area contributed by atoms with Crippen molar-refractivity contribution in [2.45, 2.75) is 31.2 Å². The molecule has 1 aliphatic rings. The number of benzene rings is 1. The largest absolute Gasteiger partial charge is 0.327 e. The molecular weight excluding hydrogens is 290 g/mol. The summed E-state index contributed by atoms with van der Waals surface area (Å²) in [6.07, 6.45) is 5.20. The molecule has 1 fully saturated rings. The van der Waals surface area contributed by atoms with E-state index in [9.17, 15) is 4.79 Å². The van der Waals surface area contributed by atoms with E-state index in [1.54, 1.807) is 12.3 Å². The van der Waals surface area contributed by atoms with Crippen LogP contribution in [0.4, 0.5) is 10.5 Å². The van der Waals surface area contributed by atoms with Gasteiger partial charge in [-0.15, -0.1) is 0 Å². The highest BCUT2D eigenvalue weighted by atomic mass is 16.2. The van der Waals surface area contributed by atoms with Crippen LogP contribution >= 0.6 is 0 Å². The molecule has 1 aliphatic carbocycles. The van der Waals surface area contributed by atoms with E-state index in [0.29, 0.717) is 5.69 Å². The fourth-order valence-corrected chi connectivity index (χ4v) is 3.00. The molecule has 2 aromatic rings. The van der Waals surface area contributed by atoms with Crippen molar-refractivity contribution in [3.05, 3.63) is 54.1 Å². The molecule has 0 radical (unpaired) electrons. The van der Waals surface area contributed by atoms with Crippen LogP contribution in [0.3, 0.4) is 0 Å². The van der Waals surface area contributed by atoms with Gasteiger partial charge in [-0.1, -0.05) is 31.0 Å². The Bertz CT molecular complexity index is 732. The van der Waals surface area contributed by atoms with E-state index < -0.39 is 5.54 Å². The molecule has 6 nitrogen and oxygen atoms in total. The molecule has 0 aliphatic heterocycles. The fourth-order valence-electron chi connectivity index (χ4n) is 3.00. The first-order chi connectivity index (χ1) is 11.2. The number of nitrogens with one attached hydrogen (secondary N) is 2. The van der Waals surface area contributed by atoms with Gasteiger partial charge in [0.2, 0.25) is 5.82 Å². The van der Waals surface area contributed by atoms with Crippen molar-refractivity contribution in [1.29, 1.82) is 5.26 Å². The number of amides is 2. The molecule has 0 bridgehead atoms. The standard InChI is InChI=1S/C17H17N5O/c18-12-15-19-11-8-14(21-15)17(9-4-5-10-17)22-16(23)20-13-6-2-1-3-7-13/h1-3,6-8,11H,4-5,9-10H2,(H2,20,22,23). The summed E-state index contributed by atoms with van der Waals surface area (Å²) in [5.41, 5.74) is 0.899. The number of hydrogen-bond donors (Lipinski definition) is 2. The van der Waals surface area contributed by atoms with Crippen molar-refractivity contribution in [2.75, 3.05) is 5.32 Å². The van der Waals surface area contributed by atoms with Crippen LogP contribution < -0.4 is 10.6 Å². The zero-order chi connectivity index (χ0) is 16.1. The second-order valence-electron chi connectivity index (χ2n) is 5.61. The topological polar surface area (TPSA) is 90.7 Å². The first-order valence-corrected chi connectivity index (χ1v) is 7.60. The zero-order valence-corrected chi connectivity index (χ0v) is 12.6. The molecule has 1 heterocycles. The summed E-state index contributed by atoms with van der Waals surface area (Å²) in [6, 6.07) is 12.7. The van der Waals surface area contributed by atoms with Crippen LogP contribution in [-0.4, -0.2) is 16.0 Å². The van der Waals surface area contributed by atoms with Crippen molar-refractivity contribution < 1.29 is 4.79 Å². The van der Waals surface area contributed by atoms with E-state index in [2.05, 4.69) is 20.6 Å². The molecule has 1 aromatic carbocycles. The first-order valence-electron chi connectivity index (χ1n) is 7.60. The van der Waals surface area contributed by atoms with Crippen LogP contribution in [0.5, 0.6) is 0 Å². The average molecular weight is 307 g/mol. The van der Waals surface area contributed by atoms with Gasteiger partial charge in [-0.3, -0.25) is 0 Å². The molecular formula is C17H17N5O. The van der Waals surface area contributed by atoms with Crippen LogP contribution in [0.15, 0.2) is 42.6 Å². The number of nitrogens with zero attached hydrogens (tertiary/aromatic N) is 3. The number of anilines is 1. The summed E-state index contributed by atoms with van der Waals surface area (Å²) >= 11 is 0. The van der Waals surface area contributed by atoms with Gasteiger partial charge in [0.15, 0.2) is 0 Å². The minimum atomic E-state index is -0.534. The van der Waals surface area contributed by atoms with Gasteiger partial charge in [0.05, 0.1) is 11.2 Å². The Labute approximate surface area is 134 Å². The van der Waals surface area contributed by atoms with Crippen molar-refractivity contribution in [2.24, 2.45) is 0 Å². The Hall–Kier alpha value is -2.94. The number of rotatable bonds is 3. The lowest BCUT2D eigenvalue weighted by Crippen LogP contribution is -2.46. The monoisotopic (exact) mass is 307 g/mol. The third-order valence-corrected chi connectivity index (χ3v) is 4.09. The number of hydrogen-bond acceptors (Lipinski definition) is 4. The Morgan fingerprint density at radius 3 is 2.61 bits per heavy atom. The fraction of sp³-hybridized carbons (Fsp3) is 0.294.